The van der Waals surface area contributed by atoms with E-state index in [9.17, 15) is 9.59 Å². The summed E-state index contributed by atoms with van der Waals surface area (Å²) in [5.74, 6) is -0.141. The Balaban J connectivity index is 2.36. The second-order valence-corrected chi connectivity index (χ2v) is 7.74. The molecule has 1 unspecified atom stereocenters. The predicted molar refractivity (Wildman–Crippen MR) is 116 cm³/mol. The summed E-state index contributed by atoms with van der Waals surface area (Å²) < 4.78 is 6.32. The molecule has 2 aromatic carbocycles. The maximum atomic E-state index is 12.6. The lowest BCUT2D eigenvalue weighted by Crippen LogP contribution is -2.38. The molecule has 6 nitrogen and oxygen atoms in total. The van der Waals surface area contributed by atoms with Gasteiger partial charge < -0.3 is 15.0 Å². The number of carbonyl (C=O) groups excluding carboxylic acids is 2. The molecule has 0 bridgehead atoms. The molecule has 2 rings (SSSR count). The number of hydrogen-bond acceptors (Lipinski definition) is 4. The van der Waals surface area contributed by atoms with E-state index in [1.54, 1.807) is 26.2 Å². The van der Waals surface area contributed by atoms with Crippen LogP contribution in [0.3, 0.4) is 0 Å². The lowest BCUT2D eigenvalue weighted by atomic mass is 9.98. The Kier molecular flexibility index (Phi) is 8.57. The Morgan fingerprint density at radius 2 is 1.63 bits per heavy atom. The van der Waals surface area contributed by atoms with E-state index in [2.05, 4.69) is 5.32 Å². The summed E-state index contributed by atoms with van der Waals surface area (Å²) in [5.41, 5.74) is 2.34. The number of amides is 2. The van der Waals surface area contributed by atoms with Crippen molar-refractivity contribution >= 4 is 11.8 Å². The van der Waals surface area contributed by atoms with Crippen LogP contribution < -0.4 is 5.32 Å². The van der Waals surface area contributed by atoms with Gasteiger partial charge in [0, 0.05) is 19.7 Å². The molecular formula is C24H29N3O3. The molecule has 2 atom stereocenters. The average Bonchev–Trinajstić information content (AvgIpc) is 2.74. The highest BCUT2D eigenvalue weighted by Gasteiger charge is 2.26. The molecule has 0 heterocycles. The largest absolute Gasteiger partial charge is 0.356 e. The highest BCUT2D eigenvalue weighted by molar-refractivity contribution is 5.93. The molecule has 0 fully saturated rings. The van der Waals surface area contributed by atoms with Crippen LogP contribution in [-0.4, -0.2) is 43.5 Å². The number of nitrogens with one attached hydrogen (secondary N) is 1. The minimum Gasteiger partial charge on any atom is -0.356 e. The number of nitrogens with zero attached hydrogens (tertiary/aromatic N) is 2. The van der Waals surface area contributed by atoms with Gasteiger partial charge in [0.2, 0.25) is 5.91 Å². The fourth-order valence-electron chi connectivity index (χ4n) is 3.09. The molecule has 6 heteroatoms. The van der Waals surface area contributed by atoms with Crippen LogP contribution >= 0.6 is 0 Å². The Morgan fingerprint density at radius 3 is 2.17 bits per heavy atom. The van der Waals surface area contributed by atoms with Gasteiger partial charge in [-0.15, -0.1) is 0 Å². The van der Waals surface area contributed by atoms with E-state index >= 15 is 0 Å². The van der Waals surface area contributed by atoms with E-state index < -0.39 is 12.2 Å². The maximum absolute atomic E-state index is 12.6. The van der Waals surface area contributed by atoms with Gasteiger partial charge in [-0.05, 0) is 35.6 Å². The second-order valence-electron chi connectivity index (χ2n) is 7.74. The third-order valence-electron chi connectivity index (χ3n) is 4.59. The number of benzene rings is 2. The van der Waals surface area contributed by atoms with Gasteiger partial charge >= 0.3 is 0 Å². The smallest absolute Gasteiger partial charge is 0.253 e. The monoisotopic (exact) mass is 407 g/mol. The molecule has 0 spiro atoms. The zero-order chi connectivity index (χ0) is 22.1. The quantitative estimate of drug-likeness (QED) is 0.645. The minimum absolute atomic E-state index is 0.0614. The van der Waals surface area contributed by atoms with E-state index in [4.69, 9.17) is 10.00 Å². The summed E-state index contributed by atoms with van der Waals surface area (Å²) in [7, 11) is 3.42. The third-order valence-corrected chi connectivity index (χ3v) is 4.59. The SMILES string of the molecule is CC(C)C[C@H](OC(c1ccccc1)c1ccc(C(=O)N(C)C)cc1)C(=O)NCC#N. The van der Waals surface area contributed by atoms with Crippen LogP contribution in [0.25, 0.3) is 0 Å². The standard InChI is InChI=1S/C24H29N3O3/c1-17(2)16-21(23(28)26-15-14-25)30-22(18-8-6-5-7-9-18)19-10-12-20(13-11-19)24(29)27(3)4/h5-13,17,21-22H,15-16H2,1-4H3,(H,26,28)/t21-,22?/m0/s1. The zero-order valence-corrected chi connectivity index (χ0v) is 18.0. The van der Waals surface area contributed by atoms with Crippen molar-refractivity contribution in [2.24, 2.45) is 5.92 Å². The molecule has 0 aliphatic carbocycles. The normalized spacial score (nSPS) is 12.7. The first kappa shape index (κ1) is 23.1. The number of nitriles is 1. The summed E-state index contributed by atoms with van der Waals surface area (Å²) in [6.45, 7) is 3.98. The lowest BCUT2D eigenvalue weighted by Gasteiger charge is -2.26. The van der Waals surface area contributed by atoms with E-state index in [1.165, 1.54) is 4.90 Å². The fourth-order valence-corrected chi connectivity index (χ4v) is 3.09. The van der Waals surface area contributed by atoms with Crippen molar-refractivity contribution in [3.05, 3.63) is 71.3 Å². The van der Waals surface area contributed by atoms with Crippen LogP contribution in [0, 0.1) is 17.2 Å². The van der Waals surface area contributed by atoms with Gasteiger partial charge in [-0.3, -0.25) is 9.59 Å². The highest BCUT2D eigenvalue weighted by Crippen LogP contribution is 2.29. The summed E-state index contributed by atoms with van der Waals surface area (Å²) in [6, 6.07) is 18.8. The number of hydrogen-bond donors (Lipinski definition) is 1. The van der Waals surface area contributed by atoms with Crippen molar-refractivity contribution in [2.75, 3.05) is 20.6 Å². The summed E-state index contributed by atoms with van der Waals surface area (Å²) >= 11 is 0. The van der Waals surface area contributed by atoms with Crippen LogP contribution in [0.15, 0.2) is 54.6 Å². The first-order valence-corrected chi connectivity index (χ1v) is 10.00. The van der Waals surface area contributed by atoms with Crippen molar-refractivity contribution in [1.29, 1.82) is 5.26 Å². The van der Waals surface area contributed by atoms with Gasteiger partial charge in [-0.2, -0.15) is 5.26 Å². The first-order valence-electron chi connectivity index (χ1n) is 10.00. The summed E-state index contributed by atoms with van der Waals surface area (Å²) in [4.78, 5) is 26.3. The van der Waals surface area contributed by atoms with Gasteiger partial charge in [-0.1, -0.05) is 56.3 Å². The van der Waals surface area contributed by atoms with Crippen LogP contribution in [0.2, 0.25) is 0 Å². The van der Waals surface area contributed by atoms with E-state index in [0.717, 1.165) is 11.1 Å². The zero-order valence-electron chi connectivity index (χ0n) is 18.0. The van der Waals surface area contributed by atoms with Crippen LogP contribution in [0.1, 0.15) is 47.9 Å². The molecule has 0 aliphatic heterocycles. The Hall–Kier alpha value is -3.17. The summed E-state index contributed by atoms with van der Waals surface area (Å²) in [5, 5.41) is 11.4. The van der Waals surface area contributed by atoms with Gasteiger partial charge in [0.1, 0.15) is 18.8 Å². The molecule has 0 saturated heterocycles. The second kappa shape index (κ2) is 11.1. The molecule has 158 valence electrons. The van der Waals surface area contributed by atoms with Crippen molar-refractivity contribution in [3.63, 3.8) is 0 Å². The molecule has 1 N–H and O–H groups in total. The van der Waals surface area contributed by atoms with E-state index in [0.29, 0.717) is 12.0 Å². The lowest BCUT2D eigenvalue weighted by molar-refractivity contribution is -0.136. The van der Waals surface area contributed by atoms with E-state index in [1.807, 2.05) is 62.4 Å². The van der Waals surface area contributed by atoms with Crippen LogP contribution in [0.5, 0.6) is 0 Å². The number of rotatable bonds is 9. The molecule has 0 aromatic heterocycles. The van der Waals surface area contributed by atoms with Crippen molar-refractivity contribution < 1.29 is 14.3 Å². The summed E-state index contributed by atoms with van der Waals surface area (Å²) in [6.07, 6.45) is -0.657. The molecular weight excluding hydrogens is 378 g/mol. The molecule has 30 heavy (non-hydrogen) atoms. The van der Waals surface area contributed by atoms with Gasteiger partial charge in [0.25, 0.3) is 5.91 Å². The maximum Gasteiger partial charge on any atom is 0.253 e. The Morgan fingerprint density at radius 1 is 1.03 bits per heavy atom. The third kappa shape index (κ3) is 6.43. The molecule has 0 aliphatic rings. The molecule has 2 amide bonds. The molecule has 0 saturated carbocycles. The Bertz CT molecular complexity index is 871. The predicted octanol–water partition coefficient (Wildman–Crippen LogP) is 3.55. The topological polar surface area (TPSA) is 82.4 Å². The first-order chi connectivity index (χ1) is 14.3. The van der Waals surface area contributed by atoms with Gasteiger partial charge in [0.05, 0.1) is 6.07 Å². The molecule has 0 radical (unpaired) electrons. The van der Waals surface area contributed by atoms with Gasteiger partial charge in [0.15, 0.2) is 0 Å². The van der Waals surface area contributed by atoms with Crippen molar-refractivity contribution in [1.82, 2.24) is 10.2 Å². The van der Waals surface area contributed by atoms with Crippen molar-refractivity contribution in [3.8, 4) is 6.07 Å². The van der Waals surface area contributed by atoms with E-state index in [-0.39, 0.29) is 24.3 Å². The minimum atomic E-state index is -0.702. The average molecular weight is 408 g/mol. The fraction of sp³-hybridized carbons (Fsp3) is 0.375. The highest BCUT2D eigenvalue weighted by atomic mass is 16.5. The van der Waals surface area contributed by atoms with Crippen molar-refractivity contribution in [2.45, 2.75) is 32.5 Å². The van der Waals surface area contributed by atoms with Gasteiger partial charge in [-0.25, -0.2) is 0 Å². The molecule has 2 aromatic rings. The Labute approximate surface area is 178 Å². The number of ether oxygens (including phenoxy) is 1. The van der Waals surface area contributed by atoms with Crippen LogP contribution in [0.4, 0.5) is 0 Å². The van der Waals surface area contributed by atoms with Crippen LogP contribution in [-0.2, 0) is 9.53 Å². The number of carbonyl (C=O) groups is 2.